The van der Waals surface area contributed by atoms with Crippen LogP contribution in [0.15, 0.2) is 51.8 Å². The van der Waals surface area contributed by atoms with Crippen molar-refractivity contribution in [2.75, 3.05) is 19.6 Å². The summed E-state index contributed by atoms with van der Waals surface area (Å²) in [6, 6.07) is 2.05. The molecule has 0 saturated carbocycles. The van der Waals surface area contributed by atoms with Crippen LogP contribution in [-0.4, -0.2) is 129 Å². The lowest BCUT2D eigenvalue weighted by molar-refractivity contribution is -0.136. The number of phenolic OH excluding ortho intramolecular Hbond substituents is 1. The molecule has 1 aromatic heterocycles. The number of nitrogens with two attached hydrogens (primary N) is 7. The van der Waals surface area contributed by atoms with Crippen LogP contribution in [-0.2, 0) is 56.0 Å². The van der Waals surface area contributed by atoms with Crippen LogP contribution in [0.4, 0.5) is 0 Å². The van der Waals surface area contributed by atoms with E-state index in [1.54, 1.807) is 12.1 Å². The van der Waals surface area contributed by atoms with Gasteiger partial charge in [-0.05, 0) is 107 Å². The molecule has 0 unspecified atom stereocenters. The van der Waals surface area contributed by atoms with Gasteiger partial charge in [0.25, 0.3) is 0 Å². The highest BCUT2D eigenvalue weighted by molar-refractivity contribution is 5.98. The van der Waals surface area contributed by atoms with Crippen molar-refractivity contribution < 1.29 is 48.3 Å². The van der Waals surface area contributed by atoms with E-state index in [2.05, 4.69) is 46.2 Å². The maximum absolute atomic E-state index is 14.8. The first kappa shape index (κ1) is 74.2. The third kappa shape index (κ3) is 28.8. The standard InChI is InChI=1S/C60H100N16O10/c1-9-36(7)45(53(61)82)31-49(78)37(8)73-56(85)41(24-34(3)4)29-52(81)48(25-35(5)6)76-55(84)40(14-11-21-69-58(62)63)28-50(79)46(15-12-22-70-59(64)65)75-57(86)42(27-43-32-68-33-72-43)30-51(80)47(16-13-23-71-60(66)67)74-54(83)39(10-2)26-38-17-19-44(77)20-18-38/h17-20,32-37,39-42,45-48,77H,9-16,21-31H2,1-8H3,(H2,61,82)(H,68,72)(H,73,85)(H,74,83)(H,75,86)(H,76,84)(H4,62,63,69)(H4,64,65,70)(H4,66,67,71)/t36-,37-,39-,40+,41+,42+,45-,46-,47-,48-/m0/s1. The minimum Gasteiger partial charge on any atom is -0.508 e. The van der Waals surface area contributed by atoms with E-state index in [1.807, 2.05) is 48.5 Å². The van der Waals surface area contributed by atoms with Gasteiger partial charge in [-0.1, -0.05) is 67.0 Å². The van der Waals surface area contributed by atoms with Crippen LogP contribution in [0.25, 0.3) is 0 Å². The number of aromatic hydroxyl groups is 1. The number of ketones is 4. The summed E-state index contributed by atoms with van der Waals surface area (Å²) in [5.41, 5.74) is 40.6. The summed E-state index contributed by atoms with van der Waals surface area (Å²) in [7, 11) is 0. The van der Waals surface area contributed by atoms with Crippen molar-refractivity contribution in [3.05, 3.63) is 48.0 Å². The number of guanidine groups is 3. The van der Waals surface area contributed by atoms with Crippen molar-refractivity contribution in [2.24, 2.45) is 102 Å². The lowest BCUT2D eigenvalue weighted by Gasteiger charge is -2.27. The zero-order chi connectivity index (χ0) is 64.6. The van der Waals surface area contributed by atoms with Gasteiger partial charge in [0.05, 0.1) is 36.4 Å². The van der Waals surface area contributed by atoms with E-state index < -0.39 is 113 Å². The van der Waals surface area contributed by atoms with E-state index in [1.165, 1.54) is 31.6 Å². The molecular formula is C60H100N16O10. The van der Waals surface area contributed by atoms with Gasteiger partial charge >= 0.3 is 0 Å². The van der Waals surface area contributed by atoms with Crippen LogP contribution < -0.4 is 61.4 Å². The van der Waals surface area contributed by atoms with Crippen LogP contribution in [0.2, 0.25) is 0 Å². The Bertz CT molecular complexity index is 2580. The van der Waals surface area contributed by atoms with Crippen molar-refractivity contribution >= 4 is 70.5 Å². The topological polar surface area (TPSA) is 470 Å². The number of hydrogen-bond donors (Lipinski definition) is 13. The number of phenols is 1. The second-order valence-corrected chi connectivity index (χ2v) is 23.4. The molecule has 1 heterocycles. The zero-order valence-corrected chi connectivity index (χ0v) is 51.8. The first-order chi connectivity index (χ1) is 40.5. The largest absolute Gasteiger partial charge is 0.508 e. The summed E-state index contributed by atoms with van der Waals surface area (Å²) in [6.07, 6.45) is 4.31. The molecule has 480 valence electrons. The van der Waals surface area contributed by atoms with Crippen molar-refractivity contribution in [1.29, 1.82) is 0 Å². The second-order valence-electron chi connectivity index (χ2n) is 23.4. The smallest absolute Gasteiger partial charge is 0.224 e. The monoisotopic (exact) mass is 1200 g/mol. The number of nitrogens with zero attached hydrogens (tertiary/aromatic N) is 4. The number of rotatable bonds is 44. The van der Waals surface area contributed by atoms with Crippen molar-refractivity contribution in [1.82, 2.24) is 31.2 Å². The molecule has 0 aliphatic heterocycles. The van der Waals surface area contributed by atoms with Crippen molar-refractivity contribution in [3.8, 4) is 5.75 Å². The molecule has 0 aliphatic carbocycles. The average Bonchev–Trinajstić information content (AvgIpc) is 4.10. The van der Waals surface area contributed by atoms with Gasteiger partial charge in [0.15, 0.2) is 41.0 Å². The van der Waals surface area contributed by atoms with Gasteiger partial charge in [-0.15, -0.1) is 0 Å². The molecule has 2 rings (SSSR count). The van der Waals surface area contributed by atoms with Gasteiger partial charge in [-0.3, -0.25) is 58.1 Å². The predicted octanol–water partition coefficient (Wildman–Crippen LogP) is 1.97. The number of carbonyl (C=O) groups excluding carboxylic acids is 9. The molecule has 5 amide bonds. The summed E-state index contributed by atoms with van der Waals surface area (Å²) in [6.45, 7) is 14.9. The number of nitrogens with one attached hydrogen (secondary N) is 5. The normalized spacial score (nSPS) is 14.8. The molecule has 0 saturated heterocycles. The Morgan fingerprint density at radius 1 is 0.523 bits per heavy atom. The molecule has 86 heavy (non-hydrogen) atoms. The summed E-state index contributed by atoms with van der Waals surface area (Å²) in [5.74, 6) is -9.93. The first-order valence-electron chi connectivity index (χ1n) is 30.1. The number of carbonyl (C=O) groups is 9. The molecule has 0 spiro atoms. The maximum atomic E-state index is 14.8. The number of H-pyrrole nitrogens is 1. The van der Waals surface area contributed by atoms with Crippen LogP contribution in [0.3, 0.4) is 0 Å². The Morgan fingerprint density at radius 3 is 1.44 bits per heavy atom. The molecular weight excluding hydrogens is 1100 g/mol. The molecule has 0 radical (unpaired) electrons. The quantitative estimate of drug-likeness (QED) is 0.0256. The number of aliphatic imine (C=N–C) groups is 3. The fraction of sp³-hybridized carbons (Fsp3) is 0.650. The van der Waals surface area contributed by atoms with Crippen LogP contribution in [0, 0.1) is 47.3 Å². The Balaban J connectivity index is 2.56. The number of hydrogen-bond acceptors (Lipinski definition) is 14. The number of amides is 5. The van der Waals surface area contributed by atoms with Crippen molar-refractivity contribution in [2.45, 2.75) is 182 Å². The highest BCUT2D eigenvalue weighted by Crippen LogP contribution is 2.25. The number of Topliss-reactive ketones (excluding diaryl/α,β-unsaturated/α-hetero) is 4. The first-order valence-corrected chi connectivity index (χ1v) is 30.1. The minimum absolute atomic E-state index is 0.00110. The number of benzene rings is 1. The lowest BCUT2D eigenvalue weighted by Crippen LogP contribution is -2.49. The predicted molar refractivity (Wildman–Crippen MR) is 331 cm³/mol. The molecule has 10 atom stereocenters. The van der Waals surface area contributed by atoms with Gasteiger partial charge in [0.2, 0.25) is 29.5 Å². The molecule has 0 bridgehead atoms. The lowest BCUT2D eigenvalue weighted by atomic mass is 9.85. The van der Waals surface area contributed by atoms with Gasteiger partial charge in [-0.25, -0.2) is 4.98 Å². The number of aromatic nitrogens is 2. The number of imidazole rings is 1. The second kappa shape index (κ2) is 38.9. The Hall–Kier alpha value is -7.93. The molecule has 0 fully saturated rings. The van der Waals surface area contributed by atoms with E-state index >= 15 is 0 Å². The van der Waals surface area contributed by atoms with Gasteiger partial charge < -0.3 is 71.5 Å². The zero-order valence-electron chi connectivity index (χ0n) is 51.8. The molecule has 26 heteroatoms. The Kier molecular flexibility index (Phi) is 33.6. The summed E-state index contributed by atoms with van der Waals surface area (Å²) in [4.78, 5) is 146. The highest BCUT2D eigenvalue weighted by Gasteiger charge is 2.36. The van der Waals surface area contributed by atoms with E-state index in [-0.39, 0.29) is 131 Å². The van der Waals surface area contributed by atoms with Crippen LogP contribution in [0.1, 0.15) is 157 Å². The molecule has 2 aromatic rings. The molecule has 1 aromatic carbocycles. The van der Waals surface area contributed by atoms with E-state index in [9.17, 15) is 48.3 Å². The van der Waals surface area contributed by atoms with E-state index in [0.29, 0.717) is 31.4 Å². The van der Waals surface area contributed by atoms with Gasteiger partial charge in [0.1, 0.15) is 5.75 Å². The average molecular weight is 1210 g/mol. The SMILES string of the molecule is CC[C@@H](Cc1ccc(O)cc1)C(=O)N[C@@H](CCCN=C(N)N)C(=O)C[C@@H](Cc1cnc[nH]1)C(=O)N[C@@H](CCCN=C(N)N)C(=O)C[C@@H](CCCN=C(N)N)C(=O)N[C@@H](CC(C)C)C(=O)C[C@@H](CC(C)C)C(=O)N[C@@H](C)C(=O)C[C@H](C(N)=O)[C@@H](C)CC. The summed E-state index contributed by atoms with van der Waals surface area (Å²) >= 11 is 0. The van der Waals surface area contributed by atoms with E-state index in [4.69, 9.17) is 40.1 Å². The molecule has 0 aliphatic rings. The third-order valence-corrected chi connectivity index (χ3v) is 15.2. The Labute approximate surface area is 506 Å². The summed E-state index contributed by atoms with van der Waals surface area (Å²) in [5, 5.41) is 21.3. The number of aromatic amines is 1. The van der Waals surface area contributed by atoms with Crippen molar-refractivity contribution in [3.63, 3.8) is 0 Å². The van der Waals surface area contributed by atoms with Gasteiger partial charge in [-0.2, -0.15) is 0 Å². The third-order valence-electron chi connectivity index (χ3n) is 15.2. The van der Waals surface area contributed by atoms with Crippen LogP contribution >= 0.6 is 0 Å². The number of primary amides is 1. The summed E-state index contributed by atoms with van der Waals surface area (Å²) < 4.78 is 0. The molecule has 26 nitrogen and oxygen atoms in total. The van der Waals surface area contributed by atoms with Crippen LogP contribution in [0.5, 0.6) is 5.75 Å². The maximum Gasteiger partial charge on any atom is 0.224 e. The Morgan fingerprint density at radius 2 is 0.977 bits per heavy atom. The minimum atomic E-state index is -1.25. The van der Waals surface area contributed by atoms with E-state index in [0.717, 1.165) is 5.56 Å². The fourth-order valence-electron chi connectivity index (χ4n) is 10.1. The fourth-order valence-corrected chi connectivity index (χ4v) is 10.1. The highest BCUT2D eigenvalue weighted by atomic mass is 16.3. The molecule has 20 N–H and O–H groups in total. The van der Waals surface area contributed by atoms with Gasteiger partial charge in [0, 0.05) is 87.3 Å².